The molecular weight excluding hydrogens is 296 g/mol. The first-order valence-corrected chi connectivity index (χ1v) is 9.32. The van der Waals surface area contributed by atoms with Gasteiger partial charge in [0, 0.05) is 22.0 Å². The highest BCUT2D eigenvalue weighted by atomic mass is 32.2. The van der Waals surface area contributed by atoms with Gasteiger partial charge in [0.25, 0.3) is 5.56 Å². The predicted octanol–water partition coefficient (Wildman–Crippen LogP) is 2.75. The van der Waals surface area contributed by atoms with E-state index in [1.54, 1.807) is 12.3 Å². The molecule has 1 aromatic carbocycles. The molecule has 0 radical (unpaired) electrons. The van der Waals surface area contributed by atoms with Crippen LogP contribution in [0.4, 0.5) is 0 Å². The molecule has 0 aliphatic heterocycles. The highest BCUT2D eigenvalue weighted by Gasteiger charge is 2.31. The van der Waals surface area contributed by atoms with Crippen molar-refractivity contribution in [1.29, 1.82) is 0 Å². The summed E-state index contributed by atoms with van der Waals surface area (Å²) in [5.41, 5.74) is 0.699. The number of hydrogen-bond acceptors (Lipinski definition) is 2. The Balaban J connectivity index is 2.06. The van der Waals surface area contributed by atoms with Crippen LogP contribution in [0.2, 0.25) is 0 Å². The summed E-state index contributed by atoms with van der Waals surface area (Å²) < 4.78 is 16.3. The van der Waals surface area contributed by atoms with Gasteiger partial charge in [-0.05, 0) is 55.6 Å². The lowest BCUT2D eigenvalue weighted by Gasteiger charge is -2.27. The summed E-state index contributed by atoms with van der Waals surface area (Å²) in [6.45, 7) is 4.04. The van der Waals surface area contributed by atoms with Gasteiger partial charge in [-0.25, -0.2) is 8.93 Å². The molecule has 1 atom stereocenters. The summed E-state index contributed by atoms with van der Waals surface area (Å²) in [4.78, 5) is 15.3. The second kappa shape index (κ2) is 5.25. The Hall–Kier alpha value is -1.59. The van der Waals surface area contributed by atoms with Crippen LogP contribution in [0.25, 0.3) is 10.8 Å². The van der Waals surface area contributed by atoms with Crippen molar-refractivity contribution in [3.8, 4) is 0 Å². The van der Waals surface area contributed by atoms with Gasteiger partial charge >= 0.3 is 0 Å². The number of fused-ring (bicyclic) bond motifs is 1. The van der Waals surface area contributed by atoms with Crippen LogP contribution in [0.1, 0.15) is 38.2 Å². The van der Waals surface area contributed by atoms with Crippen molar-refractivity contribution in [2.45, 2.75) is 50.0 Å². The first-order valence-electron chi connectivity index (χ1n) is 7.59. The summed E-state index contributed by atoms with van der Waals surface area (Å²) in [5.74, 6) is 3.91. The number of nitrogens with one attached hydrogen (secondary N) is 2. The van der Waals surface area contributed by atoms with Crippen LogP contribution < -0.4 is 10.3 Å². The van der Waals surface area contributed by atoms with Crippen molar-refractivity contribution < 1.29 is 4.21 Å². The number of aromatic amines is 1. The van der Waals surface area contributed by atoms with Crippen molar-refractivity contribution >= 4 is 26.4 Å². The molecule has 4 nitrogen and oxygen atoms in total. The SMILES string of the molecule is C=S(=O)(NC1(C)CCCC1)c1ccc2c(C)c[nH]c(=O)c2c1. The molecule has 3 rings (SSSR count). The fourth-order valence-corrected chi connectivity index (χ4v) is 5.02. The maximum absolute atomic E-state index is 13.1. The zero-order valence-corrected chi connectivity index (χ0v) is 13.9. The fourth-order valence-electron chi connectivity index (χ4n) is 3.30. The first kappa shape index (κ1) is 15.3. The molecule has 1 unspecified atom stereocenters. The van der Waals surface area contributed by atoms with Crippen LogP contribution >= 0.6 is 0 Å². The Kier molecular flexibility index (Phi) is 3.65. The molecule has 1 aliphatic rings. The molecule has 2 aromatic rings. The van der Waals surface area contributed by atoms with Gasteiger partial charge in [0.05, 0.1) is 9.71 Å². The van der Waals surface area contributed by atoms with Crippen molar-refractivity contribution in [2.24, 2.45) is 0 Å². The molecule has 1 aromatic heterocycles. The maximum Gasteiger partial charge on any atom is 0.255 e. The minimum Gasteiger partial charge on any atom is -0.328 e. The number of H-pyrrole nitrogens is 1. The molecule has 5 heteroatoms. The third kappa shape index (κ3) is 2.71. The summed E-state index contributed by atoms with van der Waals surface area (Å²) in [5, 5.41) is 1.45. The van der Waals surface area contributed by atoms with Gasteiger partial charge in [-0.15, -0.1) is 0 Å². The van der Waals surface area contributed by atoms with E-state index in [0.29, 0.717) is 10.3 Å². The maximum atomic E-state index is 13.1. The summed E-state index contributed by atoms with van der Waals surface area (Å²) >= 11 is 0. The molecule has 1 saturated carbocycles. The van der Waals surface area contributed by atoms with Crippen LogP contribution in [-0.4, -0.2) is 20.6 Å². The minimum absolute atomic E-state index is 0.132. The molecule has 1 fully saturated rings. The van der Waals surface area contributed by atoms with Crippen molar-refractivity contribution in [3.63, 3.8) is 0 Å². The predicted molar refractivity (Wildman–Crippen MR) is 92.8 cm³/mol. The molecule has 118 valence electrons. The quantitative estimate of drug-likeness (QED) is 0.855. The van der Waals surface area contributed by atoms with E-state index >= 15 is 0 Å². The molecule has 22 heavy (non-hydrogen) atoms. The zero-order chi connectivity index (χ0) is 16.0. The van der Waals surface area contributed by atoms with E-state index in [9.17, 15) is 9.00 Å². The highest BCUT2D eigenvalue weighted by molar-refractivity contribution is 7.98. The van der Waals surface area contributed by atoms with Crippen LogP contribution in [0.5, 0.6) is 0 Å². The summed E-state index contributed by atoms with van der Waals surface area (Å²) in [6, 6.07) is 5.38. The fraction of sp³-hybridized carbons (Fsp3) is 0.412. The number of aromatic nitrogens is 1. The average Bonchev–Trinajstić information content (AvgIpc) is 2.88. The van der Waals surface area contributed by atoms with Gasteiger partial charge in [0.2, 0.25) is 0 Å². The van der Waals surface area contributed by atoms with E-state index in [1.807, 2.05) is 19.1 Å². The highest BCUT2D eigenvalue weighted by Crippen LogP contribution is 2.31. The van der Waals surface area contributed by atoms with Gasteiger partial charge in [-0.1, -0.05) is 18.9 Å². The molecule has 2 N–H and O–H groups in total. The lowest BCUT2D eigenvalue weighted by molar-refractivity contribution is 0.441. The molecule has 1 aliphatic carbocycles. The number of aryl methyl sites for hydroxylation is 1. The number of hydrogen-bond donors (Lipinski definition) is 2. The molecule has 0 saturated heterocycles. The number of benzene rings is 1. The van der Waals surface area contributed by atoms with Crippen LogP contribution in [0, 0.1) is 6.92 Å². The van der Waals surface area contributed by atoms with Gasteiger partial charge < -0.3 is 4.98 Å². The monoisotopic (exact) mass is 318 g/mol. The molecular formula is C17H22N2O2S. The van der Waals surface area contributed by atoms with E-state index in [1.165, 1.54) is 0 Å². The van der Waals surface area contributed by atoms with Gasteiger partial charge in [-0.2, -0.15) is 0 Å². The average molecular weight is 318 g/mol. The van der Waals surface area contributed by atoms with Gasteiger partial charge in [0.15, 0.2) is 0 Å². The lowest BCUT2D eigenvalue weighted by Crippen LogP contribution is -2.43. The number of pyridine rings is 1. The number of rotatable bonds is 3. The van der Waals surface area contributed by atoms with Gasteiger partial charge in [-0.3, -0.25) is 4.79 Å². The van der Waals surface area contributed by atoms with E-state index in [-0.39, 0.29) is 11.1 Å². The van der Waals surface area contributed by atoms with E-state index < -0.39 is 9.71 Å². The summed E-state index contributed by atoms with van der Waals surface area (Å²) in [6.07, 6.45) is 6.01. The van der Waals surface area contributed by atoms with Crippen molar-refractivity contribution in [1.82, 2.24) is 9.71 Å². The Labute approximate surface area is 131 Å². The van der Waals surface area contributed by atoms with Crippen molar-refractivity contribution in [3.05, 3.63) is 40.3 Å². The Morgan fingerprint density at radius 3 is 2.64 bits per heavy atom. The third-order valence-electron chi connectivity index (χ3n) is 4.58. The second-order valence-corrected chi connectivity index (χ2v) is 8.58. The Morgan fingerprint density at radius 2 is 1.95 bits per heavy atom. The Morgan fingerprint density at radius 1 is 1.27 bits per heavy atom. The minimum atomic E-state index is -2.63. The standard InChI is InChI=1S/C17H22N2O2S/c1-12-11-18-16(20)15-10-13(6-7-14(12)15)22(3,21)19-17(2)8-4-5-9-17/h6-7,10-11H,3-5,8-9H2,1-2H3,(H,18,20)(H,19,21). The molecule has 0 amide bonds. The molecule has 1 heterocycles. The molecule has 0 spiro atoms. The van der Waals surface area contributed by atoms with E-state index in [4.69, 9.17) is 0 Å². The lowest BCUT2D eigenvalue weighted by atomic mass is 10.0. The summed E-state index contributed by atoms with van der Waals surface area (Å²) in [7, 11) is -2.63. The zero-order valence-electron chi connectivity index (χ0n) is 13.1. The van der Waals surface area contributed by atoms with Gasteiger partial charge in [0.1, 0.15) is 0 Å². The van der Waals surface area contributed by atoms with Crippen LogP contribution in [0.15, 0.2) is 34.1 Å². The molecule has 0 bridgehead atoms. The second-order valence-electron chi connectivity index (χ2n) is 6.55. The van der Waals surface area contributed by atoms with E-state index in [0.717, 1.165) is 36.6 Å². The van der Waals surface area contributed by atoms with Crippen LogP contribution in [0.3, 0.4) is 0 Å². The largest absolute Gasteiger partial charge is 0.328 e. The smallest absolute Gasteiger partial charge is 0.255 e. The Bertz CT molecular complexity index is 875. The van der Waals surface area contributed by atoms with E-state index in [2.05, 4.69) is 22.5 Å². The third-order valence-corrected chi connectivity index (χ3v) is 6.42. The van der Waals surface area contributed by atoms with Crippen LogP contribution in [-0.2, 0) is 9.71 Å². The topological polar surface area (TPSA) is 62.0 Å². The first-order chi connectivity index (χ1) is 10.3. The van der Waals surface area contributed by atoms with Crippen molar-refractivity contribution in [2.75, 3.05) is 0 Å². The normalized spacial score (nSPS) is 20.1.